The van der Waals surface area contributed by atoms with Crippen LogP contribution in [0.4, 0.5) is 11.4 Å². The van der Waals surface area contributed by atoms with Crippen molar-refractivity contribution < 1.29 is 19.1 Å². The van der Waals surface area contributed by atoms with Crippen molar-refractivity contribution >= 4 is 28.8 Å². The molecular weight excluding hydrogens is 392 g/mol. The molecule has 0 fully saturated rings. The van der Waals surface area contributed by atoms with E-state index in [9.17, 15) is 9.59 Å². The van der Waals surface area contributed by atoms with Gasteiger partial charge in [0.05, 0.1) is 25.5 Å². The van der Waals surface area contributed by atoms with Crippen molar-refractivity contribution in [3.8, 4) is 11.5 Å². The van der Waals surface area contributed by atoms with Gasteiger partial charge in [-0.15, -0.1) is 0 Å². The summed E-state index contributed by atoms with van der Waals surface area (Å²) in [6, 6.07) is 21.6. The molecule has 0 spiro atoms. The Bertz CT molecular complexity index is 1180. The Morgan fingerprint density at radius 3 is 2.16 bits per heavy atom. The molecule has 0 saturated carbocycles. The van der Waals surface area contributed by atoms with Gasteiger partial charge in [-0.2, -0.15) is 0 Å². The van der Waals surface area contributed by atoms with E-state index in [1.54, 1.807) is 62.8 Å². The molecule has 4 rings (SSSR count). The number of hydrogen-bond acceptors (Lipinski definition) is 5. The summed E-state index contributed by atoms with van der Waals surface area (Å²) in [4.78, 5) is 28.1. The molecule has 31 heavy (non-hydrogen) atoms. The van der Waals surface area contributed by atoms with E-state index in [0.717, 1.165) is 11.3 Å². The molecule has 6 heteroatoms. The molecule has 1 aliphatic rings. The summed E-state index contributed by atoms with van der Waals surface area (Å²) in [5.74, 6) is 0.396. The zero-order chi connectivity index (χ0) is 22.0. The lowest BCUT2D eigenvalue weighted by Crippen LogP contribution is -2.32. The largest absolute Gasteiger partial charge is 0.497 e. The highest BCUT2D eigenvalue weighted by Crippen LogP contribution is 2.35. The average Bonchev–Trinajstić information content (AvgIpc) is 3.03. The number of nitrogens with zero attached hydrogens (tertiary/aromatic N) is 1. The first-order valence-electron chi connectivity index (χ1n) is 9.77. The third kappa shape index (κ3) is 3.88. The molecule has 6 nitrogen and oxygen atoms in total. The Morgan fingerprint density at radius 1 is 0.774 bits per heavy atom. The molecule has 0 saturated heterocycles. The van der Waals surface area contributed by atoms with Crippen LogP contribution in [-0.2, 0) is 9.59 Å². The van der Waals surface area contributed by atoms with Crippen molar-refractivity contribution in [3.05, 3.63) is 89.6 Å². The maximum absolute atomic E-state index is 13.5. The van der Waals surface area contributed by atoms with Crippen molar-refractivity contribution in [2.75, 3.05) is 24.4 Å². The number of anilines is 2. The number of aryl methyl sites for hydroxylation is 1. The number of carbonyl (C=O) groups excluding carboxylic acids is 2. The summed E-state index contributed by atoms with van der Waals surface area (Å²) in [5, 5.41) is 3.17. The number of hydrogen-bond donors (Lipinski definition) is 1. The Kier molecular flexibility index (Phi) is 5.45. The highest BCUT2D eigenvalue weighted by Gasteiger charge is 2.40. The summed E-state index contributed by atoms with van der Waals surface area (Å²) in [7, 11) is 3.12. The summed E-state index contributed by atoms with van der Waals surface area (Å²) >= 11 is 0. The number of amides is 2. The second-order valence-corrected chi connectivity index (χ2v) is 7.12. The Labute approximate surface area is 180 Å². The van der Waals surface area contributed by atoms with Crippen LogP contribution in [0.5, 0.6) is 11.5 Å². The maximum Gasteiger partial charge on any atom is 0.282 e. The van der Waals surface area contributed by atoms with Gasteiger partial charge < -0.3 is 14.8 Å². The molecule has 0 unspecified atom stereocenters. The van der Waals surface area contributed by atoms with E-state index in [4.69, 9.17) is 9.47 Å². The molecule has 0 aliphatic carbocycles. The average molecular weight is 414 g/mol. The van der Waals surface area contributed by atoms with Gasteiger partial charge in [0.25, 0.3) is 11.8 Å². The summed E-state index contributed by atoms with van der Waals surface area (Å²) in [6.07, 6.45) is 0. The fraction of sp³-hybridized carbons (Fsp3) is 0.120. The third-order valence-electron chi connectivity index (χ3n) is 5.06. The number of carbonyl (C=O) groups is 2. The van der Waals surface area contributed by atoms with Crippen molar-refractivity contribution in [3.63, 3.8) is 0 Å². The first-order chi connectivity index (χ1) is 15.0. The number of methoxy groups -OCH3 is 2. The monoisotopic (exact) mass is 414 g/mol. The SMILES string of the molecule is COc1ccc(C2=C(Nc3cccc(C)c3)C(=O)N(c3cccc(OC)c3)C2=O)cc1. The molecule has 0 bridgehead atoms. The van der Waals surface area contributed by atoms with Gasteiger partial charge in [-0.1, -0.05) is 30.3 Å². The third-order valence-corrected chi connectivity index (χ3v) is 5.06. The first-order valence-corrected chi connectivity index (χ1v) is 9.77. The summed E-state index contributed by atoms with van der Waals surface area (Å²) < 4.78 is 10.5. The zero-order valence-electron chi connectivity index (χ0n) is 17.5. The molecule has 3 aromatic rings. The minimum absolute atomic E-state index is 0.226. The Hall–Kier alpha value is -4.06. The standard InChI is InChI=1S/C25H22N2O4/c1-16-6-4-7-18(14-16)26-23-22(17-10-12-20(30-2)13-11-17)24(28)27(25(23)29)19-8-5-9-21(15-19)31-3/h4-15,26H,1-3H3. The molecule has 2 amide bonds. The fourth-order valence-corrected chi connectivity index (χ4v) is 3.52. The molecule has 1 aliphatic heterocycles. The summed E-state index contributed by atoms with van der Waals surface area (Å²) in [6.45, 7) is 1.97. The number of benzene rings is 3. The van der Waals surface area contributed by atoms with Gasteiger partial charge in [-0.25, -0.2) is 4.90 Å². The molecule has 0 aromatic heterocycles. The summed E-state index contributed by atoms with van der Waals surface area (Å²) in [5.41, 5.74) is 3.37. The molecule has 1 N–H and O–H groups in total. The zero-order valence-corrected chi connectivity index (χ0v) is 17.5. The van der Waals surface area contributed by atoms with E-state index in [-0.39, 0.29) is 5.70 Å². The van der Waals surface area contributed by atoms with E-state index in [1.165, 1.54) is 4.90 Å². The van der Waals surface area contributed by atoms with E-state index in [0.29, 0.717) is 28.3 Å². The molecular formula is C25H22N2O4. The van der Waals surface area contributed by atoms with Crippen LogP contribution in [0.1, 0.15) is 11.1 Å². The van der Waals surface area contributed by atoms with Crippen LogP contribution in [0, 0.1) is 6.92 Å². The highest BCUT2D eigenvalue weighted by molar-refractivity contribution is 6.46. The van der Waals surface area contributed by atoms with Gasteiger partial charge in [-0.3, -0.25) is 9.59 Å². The van der Waals surface area contributed by atoms with E-state index in [1.807, 2.05) is 31.2 Å². The topological polar surface area (TPSA) is 67.9 Å². The molecule has 0 radical (unpaired) electrons. The normalized spacial score (nSPS) is 13.6. The maximum atomic E-state index is 13.5. The van der Waals surface area contributed by atoms with Crippen LogP contribution in [-0.4, -0.2) is 26.0 Å². The van der Waals surface area contributed by atoms with Crippen LogP contribution in [0.3, 0.4) is 0 Å². The van der Waals surface area contributed by atoms with Gasteiger partial charge in [0, 0.05) is 11.8 Å². The van der Waals surface area contributed by atoms with Gasteiger partial charge in [0.2, 0.25) is 0 Å². The lowest BCUT2D eigenvalue weighted by Gasteiger charge is -2.16. The van der Waals surface area contributed by atoms with Gasteiger partial charge >= 0.3 is 0 Å². The second-order valence-electron chi connectivity index (χ2n) is 7.12. The van der Waals surface area contributed by atoms with Crippen LogP contribution < -0.4 is 19.7 Å². The van der Waals surface area contributed by atoms with E-state index >= 15 is 0 Å². The fourth-order valence-electron chi connectivity index (χ4n) is 3.52. The van der Waals surface area contributed by atoms with Gasteiger partial charge in [0.1, 0.15) is 17.2 Å². The van der Waals surface area contributed by atoms with Crippen molar-refractivity contribution in [1.82, 2.24) is 0 Å². The van der Waals surface area contributed by atoms with Crippen molar-refractivity contribution in [2.45, 2.75) is 6.92 Å². The predicted molar refractivity (Wildman–Crippen MR) is 120 cm³/mol. The second kappa shape index (κ2) is 8.36. The van der Waals surface area contributed by atoms with Crippen LogP contribution in [0.25, 0.3) is 5.57 Å². The Morgan fingerprint density at radius 2 is 1.48 bits per heavy atom. The minimum Gasteiger partial charge on any atom is -0.497 e. The van der Waals surface area contributed by atoms with Crippen molar-refractivity contribution in [1.29, 1.82) is 0 Å². The van der Waals surface area contributed by atoms with E-state index in [2.05, 4.69) is 5.32 Å². The van der Waals surface area contributed by atoms with Gasteiger partial charge in [-0.05, 0) is 54.4 Å². The van der Waals surface area contributed by atoms with Gasteiger partial charge in [0.15, 0.2) is 0 Å². The van der Waals surface area contributed by atoms with Crippen LogP contribution >= 0.6 is 0 Å². The molecule has 0 atom stereocenters. The quantitative estimate of drug-likeness (QED) is 0.605. The molecule has 1 heterocycles. The number of imide groups is 1. The number of ether oxygens (including phenoxy) is 2. The molecule has 156 valence electrons. The molecule has 3 aromatic carbocycles. The number of nitrogens with one attached hydrogen (secondary N) is 1. The van der Waals surface area contributed by atoms with Crippen molar-refractivity contribution in [2.24, 2.45) is 0 Å². The lowest BCUT2D eigenvalue weighted by molar-refractivity contribution is -0.120. The minimum atomic E-state index is -0.425. The first kappa shape index (κ1) is 20.2. The smallest absolute Gasteiger partial charge is 0.282 e. The highest BCUT2D eigenvalue weighted by atomic mass is 16.5. The Balaban J connectivity index is 1.81. The van der Waals surface area contributed by atoms with Crippen LogP contribution in [0.2, 0.25) is 0 Å². The lowest BCUT2D eigenvalue weighted by atomic mass is 10.0. The number of rotatable bonds is 6. The van der Waals surface area contributed by atoms with Crippen LogP contribution in [0.15, 0.2) is 78.5 Å². The van der Waals surface area contributed by atoms with E-state index < -0.39 is 11.8 Å². The predicted octanol–water partition coefficient (Wildman–Crippen LogP) is 4.41.